The maximum absolute atomic E-state index is 12.7. The van der Waals surface area contributed by atoms with Gasteiger partial charge in [-0.1, -0.05) is 76.6 Å². The molecule has 0 saturated heterocycles. The minimum absolute atomic E-state index is 0.160. The Morgan fingerprint density at radius 3 is 2.52 bits per heavy atom. The van der Waals surface area contributed by atoms with Gasteiger partial charge in [0.05, 0.1) is 11.4 Å². The van der Waals surface area contributed by atoms with E-state index in [-0.39, 0.29) is 6.61 Å². The summed E-state index contributed by atoms with van der Waals surface area (Å²) in [6, 6.07) is 25.4. The van der Waals surface area contributed by atoms with Gasteiger partial charge in [-0.2, -0.15) is 0 Å². The zero-order valence-electron chi connectivity index (χ0n) is 17.8. The van der Waals surface area contributed by atoms with Gasteiger partial charge in [0.2, 0.25) is 0 Å². The van der Waals surface area contributed by atoms with Crippen LogP contribution in [0.1, 0.15) is 34.5 Å². The molecule has 1 aliphatic rings. The third kappa shape index (κ3) is 4.29. The number of alkyl carbamates (subject to hydrolysis) is 1. The Morgan fingerprint density at radius 2 is 1.76 bits per heavy atom. The van der Waals surface area contributed by atoms with Crippen LogP contribution in [-0.4, -0.2) is 26.6 Å². The number of ether oxygens (including phenoxy) is 1. The smallest absolute Gasteiger partial charge is 0.409 e. The fraction of sp³-hybridized carbons (Fsp3) is 0.120. The molecule has 0 radical (unpaired) electrons. The molecule has 5 rings (SSSR count). The van der Waals surface area contributed by atoms with Crippen LogP contribution >= 0.6 is 15.9 Å². The van der Waals surface area contributed by atoms with Gasteiger partial charge in [-0.3, -0.25) is 14.9 Å². The first kappa shape index (κ1) is 21.1. The Labute approximate surface area is 199 Å². The lowest BCUT2D eigenvalue weighted by molar-refractivity contribution is 0.135. The van der Waals surface area contributed by atoms with E-state index in [2.05, 4.69) is 31.4 Å². The van der Waals surface area contributed by atoms with Crippen molar-refractivity contribution in [1.82, 2.24) is 20.1 Å². The summed E-state index contributed by atoms with van der Waals surface area (Å²) in [5.74, 6) is 1.20. The van der Waals surface area contributed by atoms with Crippen molar-refractivity contribution in [2.24, 2.45) is 4.99 Å². The second-order valence-electron chi connectivity index (χ2n) is 7.55. The molecule has 0 saturated carbocycles. The highest BCUT2D eigenvalue weighted by molar-refractivity contribution is 9.10. The summed E-state index contributed by atoms with van der Waals surface area (Å²) in [7, 11) is 0. The van der Waals surface area contributed by atoms with Crippen molar-refractivity contribution in [2.45, 2.75) is 19.7 Å². The van der Waals surface area contributed by atoms with E-state index in [0.717, 1.165) is 32.6 Å². The molecule has 1 aromatic heterocycles. The normalized spacial score (nSPS) is 14.5. The van der Waals surface area contributed by atoms with Gasteiger partial charge in [-0.25, -0.2) is 4.79 Å². The third-order valence-corrected chi connectivity index (χ3v) is 5.82. The van der Waals surface area contributed by atoms with Gasteiger partial charge in [0.15, 0.2) is 12.0 Å². The molecule has 0 aliphatic carbocycles. The molecule has 8 heteroatoms. The number of hydrogen-bond acceptors (Lipinski definition) is 5. The molecule has 1 unspecified atom stereocenters. The highest BCUT2D eigenvalue weighted by Crippen LogP contribution is 2.31. The molecule has 1 atom stereocenters. The largest absolute Gasteiger partial charge is 0.445 e. The molecule has 0 bridgehead atoms. The maximum Gasteiger partial charge on any atom is 0.409 e. The van der Waals surface area contributed by atoms with Crippen LogP contribution in [0.4, 0.5) is 4.79 Å². The molecular formula is C25H20BrN5O2. The Kier molecular flexibility index (Phi) is 5.75. The molecule has 1 N–H and O–H groups in total. The summed E-state index contributed by atoms with van der Waals surface area (Å²) < 4.78 is 8.28. The van der Waals surface area contributed by atoms with E-state index in [4.69, 9.17) is 9.73 Å². The molecule has 1 amide bonds. The van der Waals surface area contributed by atoms with Crippen molar-refractivity contribution in [3.05, 3.63) is 112 Å². The van der Waals surface area contributed by atoms with Crippen LogP contribution in [-0.2, 0) is 11.3 Å². The van der Waals surface area contributed by atoms with Crippen molar-refractivity contribution in [1.29, 1.82) is 0 Å². The van der Waals surface area contributed by atoms with E-state index in [0.29, 0.717) is 11.6 Å². The van der Waals surface area contributed by atoms with Crippen molar-refractivity contribution in [3.63, 3.8) is 0 Å². The minimum atomic E-state index is -0.782. The van der Waals surface area contributed by atoms with Crippen LogP contribution in [0.3, 0.4) is 0 Å². The maximum atomic E-state index is 12.7. The number of halogens is 1. The summed E-state index contributed by atoms with van der Waals surface area (Å²) in [5.41, 5.74) is 4.37. The number of nitrogens with zero attached hydrogens (tertiary/aromatic N) is 4. The van der Waals surface area contributed by atoms with Crippen molar-refractivity contribution >= 4 is 27.7 Å². The van der Waals surface area contributed by atoms with E-state index >= 15 is 0 Å². The van der Waals surface area contributed by atoms with Crippen LogP contribution < -0.4 is 5.32 Å². The number of carbonyl (C=O) groups excluding carboxylic acids is 1. The number of hydrogen-bond donors (Lipinski definition) is 1. The van der Waals surface area contributed by atoms with Gasteiger partial charge in [0.25, 0.3) is 0 Å². The number of benzene rings is 3. The predicted octanol–water partition coefficient (Wildman–Crippen LogP) is 5.11. The Balaban J connectivity index is 1.55. The molecule has 7 nitrogen and oxygen atoms in total. The monoisotopic (exact) mass is 501 g/mol. The van der Waals surface area contributed by atoms with E-state index in [1.165, 1.54) is 0 Å². The Hall–Kier alpha value is -3.78. The van der Waals surface area contributed by atoms with E-state index < -0.39 is 12.3 Å². The van der Waals surface area contributed by atoms with Gasteiger partial charge in [0.1, 0.15) is 12.4 Å². The second-order valence-corrected chi connectivity index (χ2v) is 8.47. The quantitative estimate of drug-likeness (QED) is 0.421. The van der Waals surface area contributed by atoms with Gasteiger partial charge < -0.3 is 4.74 Å². The van der Waals surface area contributed by atoms with Gasteiger partial charge in [0, 0.05) is 15.6 Å². The number of nitrogens with one attached hydrogen (secondary N) is 1. The highest BCUT2D eigenvalue weighted by Gasteiger charge is 2.29. The highest BCUT2D eigenvalue weighted by atomic mass is 79.9. The number of amides is 1. The second kappa shape index (κ2) is 8.99. The van der Waals surface area contributed by atoms with Crippen LogP contribution in [0.2, 0.25) is 0 Å². The lowest BCUT2D eigenvalue weighted by atomic mass is 10.0. The van der Waals surface area contributed by atoms with Crippen molar-refractivity contribution < 1.29 is 9.53 Å². The summed E-state index contributed by atoms with van der Waals surface area (Å²) >= 11 is 3.57. The zero-order valence-corrected chi connectivity index (χ0v) is 19.4. The first-order valence-corrected chi connectivity index (χ1v) is 11.2. The Morgan fingerprint density at radius 1 is 1.03 bits per heavy atom. The zero-order chi connectivity index (χ0) is 22.8. The topological polar surface area (TPSA) is 81.4 Å². The van der Waals surface area contributed by atoms with Crippen LogP contribution in [0.5, 0.6) is 0 Å². The predicted molar refractivity (Wildman–Crippen MR) is 128 cm³/mol. The fourth-order valence-corrected chi connectivity index (χ4v) is 4.15. The number of aliphatic imine (C=N–C) groups is 1. The summed E-state index contributed by atoms with van der Waals surface area (Å²) in [4.78, 5) is 17.6. The molecule has 2 heterocycles. The number of carbonyl (C=O) groups is 1. The average molecular weight is 502 g/mol. The molecule has 0 fully saturated rings. The fourth-order valence-electron chi connectivity index (χ4n) is 3.80. The molecule has 3 aromatic carbocycles. The van der Waals surface area contributed by atoms with E-state index in [9.17, 15) is 4.79 Å². The van der Waals surface area contributed by atoms with Crippen LogP contribution in [0.15, 0.2) is 88.3 Å². The standard InChI is InChI=1S/C25H20BrN5O2/c1-16-29-30-24-23(28-25(32)33-15-17-8-4-2-5-9-17)27-22(18-10-6-3-7-11-18)20-13-12-19(26)14-21(20)31(16)24/h2-14,23H,15H2,1H3,(H,28,32). The molecular weight excluding hydrogens is 482 g/mol. The number of rotatable bonds is 4. The summed E-state index contributed by atoms with van der Waals surface area (Å²) in [6.45, 7) is 2.03. The molecule has 4 aromatic rings. The summed E-state index contributed by atoms with van der Waals surface area (Å²) in [6.07, 6.45) is -1.37. The number of fused-ring (bicyclic) bond motifs is 3. The van der Waals surface area contributed by atoms with E-state index in [1.807, 2.05) is 90.4 Å². The number of aryl methyl sites for hydroxylation is 1. The lowest BCUT2D eigenvalue weighted by Crippen LogP contribution is -2.30. The van der Waals surface area contributed by atoms with Gasteiger partial charge >= 0.3 is 6.09 Å². The lowest BCUT2D eigenvalue weighted by Gasteiger charge is -2.14. The number of aromatic nitrogens is 3. The first-order chi connectivity index (χ1) is 16.1. The van der Waals surface area contributed by atoms with E-state index in [1.54, 1.807) is 0 Å². The first-order valence-electron chi connectivity index (χ1n) is 10.4. The van der Waals surface area contributed by atoms with Gasteiger partial charge in [-0.15, -0.1) is 10.2 Å². The van der Waals surface area contributed by atoms with Crippen molar-refractivity contribution in [3.8, 4) is 5.69 Å². The van der Waals surface area contributed by atoms with Crippen LogP contribution in [0.25, 0.3) is 5.69 Å². The van der Waals surface area contributed by atoms with Crippen LogP contribution in [0, 0.1) is 6.92 Å². The average Bonchev–Trinajstić information content (AvgIpc) is 3.17. The summed E-state index contributed by atoms with van der Waals surface area (Å²) in [5, 5.41) is 11.5. The molecule has 164 valence electrons. The minimum Gasteiger partial charge on any atom is -0.445 e. The van der Waals surface area contributed by atoms with Crippen molar-refractivity contribution in [2.75, 3.05) is 0 Å². The molecule has 0 spiro atoms. The SMILES string of the molecule is Cc1nnc2n1-c1cc(Br)ccc1C(c1ccccc1)=NC2NC(=O)OCc1ccccc1. The molecule has 33 heavy (non-hydrogen) atoms. The Bertz CT molecular complexity index is 1340. The third-order valence-electron chi connectivity index (χ3n) is 5.32. The van der Waals surface area contributed by atoms with Gasteiger partial charge in [-0.05, 0) is 30.7 Å². The molecule has 1 aliphatic heterocycles.